The van der Waals surface area contributed by atoms with Gasteiger partial charge in [-0.2, -0.15) is 0 Å². The van der Waals surface area contributed by atoms with Crippen molar-refractivity contribution in [3.05, 3.63) is 64.6 Å². The maximum atomic E-state index is 12.7. The fourth-order valence-electron chi connectivity index (χ4n) is 2.88. The molecule has 0 saturated heterocycles. The average molecular weight is 282 g/mol. The first-order valence-electron chi connectivity index (χ1n) is 7.22. The summed E-state index contributed by atoms with van der Waals surface area (Å²) in [7, 11) is 0. The van der Waals surface area contributed by atoms with Crippen LogP contribution in [-0.2, 0) is 17.8 Å². The first-order valence-corrected chi connectivity index (χ1v) is 7.22. The number of pyridine rings is 1. The zero-order chi connectivity index (χ0) is 14.8. The number of aromatic nitrogens is 1. The Hall–Kier alpha value is -2.36. The van der Waals surface area contributed by atoms with Crippen LogP contribution in [0.25, 0.3) is 0 Å². The highest BCUT2D eigenvalue weighted by Gasteiger charge is 2.27. The molecule has 2 heterocycles. The van der Waals surface area contributed by atoms with Crippen LogP contribution < -0.4 is 10.5 Å². The van der Waals surface area contributed by atoms with Crippen LogP contribution >= 0.6 is 0 Å². The minimum absolute atomic E-state index is 0.0389. The molecule has 1 aliphatic rings. The summed E-state index contributed by atoms with van der Waals surface area (Å²) in [6, 6.07) is 13.1. The zero-order valence-corrected chi connectivity index (χ0v) is 12.0. The lowest BCUT2D eigenvalue weighted by atomic mass is 9.96. The van der Waals surface area contributed by atoms with Gasteiger partial charge in [-0.25, -0.2) is 0 Å². The standard InChI is InChI=1S/C17H18N2O2/c1-13-9-10-14-6-2-3-7-15(14)19(13)17(21)12-18-11-5-4-8-16(18)20/h2-8,11,13H,9-10,12H2,1H3/t13-/m0/s1. The molecular weight excluding hydrogens is 264 g/mol. The molecule has 0 radical (unpaired) electrons. The second kappa shape index (κ2) is 5.56. The van der Waals surface area contributed by atoms with Crippen LogP contribution in [0.5, 0.6) is 0 Å². The third kappa shape index (κ3) is 2.61. The summed E-state index contributed by atoms with van der Waals surface area (Å²) in [5, 5.41) is 0. The molecule has 0 saturated carbocycles. The van der Waals surface area contributed by atoms with Crippen LogP contribution in [0.2, 0.25) is 0 Å². The lowest BCUT2D eigenvalue weighted by Crippen LogP contribution is -2.44. The second-order valence-electron chi connectivity index (χ2n) is 5.45. The predicted molar refractivity (Wildman–Crippen MR) is 82.4 cm³/mol. The molecule has 108 valence electrons. The summed E-state index contributed by atoms with van der Waals surface area (Å²) < 4.78 is 1.45. The van der Waals surface area contributed by atoms with Crippen LogP contribution in [0.3, 0.4) is 0 Å². The Balaban J connectivity index is 1.91. The van der Waals surface area contributed by atoms with Gasteiger partial charge in [0.25, 0.3) is 5.56 Å². The molecule has 1 aromatic carbocycles. The third-order valence-corrected chi connectivity index (χ3v) is 4.00. The number of benzene rings is 1. The van der Waals surface area contributed by atoms with Crippen LogP contribution in [0, 0.1) is 0 Å². The third-order valence-electron chi connectivity index (χ3n) is 4.00. The van der Waals surface area contributed by atoms with Gasteiger partial charge in [0, 0.05) is 24.0 Å². The van der Waals surface area contributed by atoms with Crippen LogP contribution in [0.4, 0.5) is 5.69 Å². The van der Waals surface area contributed by atoms with Gasteiger partial charge in [-0.3, -0.25) is 9.59 Å². The van der Waals surface area contributed by atoms with Crippen molar-refractivity contribution < 1.29 is 4.79 Å². The summed E-state index contributed by atoms with van der Waals surface area (Å²) in [5.74, 6) is -0.0389. The van der Waals surface area contributed by atoms with Crippen molar-refractivity contribution in [1.82, 2.24) is 4.57 Å². The monoisotopic (exact) mass is 282 g/mol. The van der Waals surface area contributed by atoms with E-state index in [2.05, 4.69) is 13.0 Å². The molecule has 4 heteroatoms. The van der Waals surface area contributed by atoms with Gasteiger partial charge >= 0.3 is 0 Å². The highest BCUT2D eigenvalue weighted by Crippen LogP contribution is 2.30. The largest absolute Gasteiger partial charge is 0.308 e. The molecule has 1 aromatic heterocycles. The number of amides is 1. The number of para-hydroxylation sites is 1. The Morgan fingerprint density at radius 1 is 1.19 bits per heavy atom. The zero-order valence-electron chi connectivity index (χ0n) is 12.0. The van der Waals surface area contributed by atoms with E-state index in [0.717, 1.165) is 18.5 Å². The summed E-state index contributed by atoms with van der Waals surface area (Å²) in [6.45, 7) is 2.14. The SMILES string of the molecule is C[C@H]1CCc2ccccc2N1C(=O)Cn1ccccc1=O. The van der Waals surface area contributed by atoms with E-state index in [1.807, 2.05) is 23.1 Å². The number of hydrogen-bond acceptors (Lipinski definition) is 2. The number of rotatable bonds is 2. The van der Waals surface area contributed by atoms with Crippen molar-refractivity contribution in [2.45, 2.75) is 32.4 Å². The number of hydrogen-bond donors (Lipinski definition) is 0. The molecule has 3 rings (SSSR count). The lowest BCUT2D eigenvalue weighted by Gasteiger charge is -2.35. The molecule has 0 fully saturated rings. The van der Waals surface area contributed by atoms with E-state index >= 15 is 0 Å². The Labute approximate surface area is 123 Å². The molecule has 0 spiro atoms. The van der Waals surface area contributed by atoms with Crippen molar-refractivity contribution in [3.63, 3.8) is 0 Å². The molecule has 2 aromatic rings. The number of nitrogens with zero attached hydrogens (tertiary/aromatic N) is 2. The molecule has 0 aliphatic carbocycles. The first-order chi connectivity index (χ1) is 10.2. The summed E-state index contributed by atoms with van der Waals surface area (Å²) in [6.07, 6.45) is 3.60. The van der Waals surface area contributed by atoms with Gasteiger partial charge in [-0.15, -0.1) is 0 Å². The first kappa shape index (κ1) is 13.6. The number of carbonyl (C=O) groups is 1. The minimum Gasteiger partial charge on any atom is -0.308 e. The average Bonchev–Trinajstić information content (AvgIpc) is 2.49. The summed E-state index contributed by atoms with van der Waals surface area (Å²) >= 11 is 0. The molecule has 21 heavy (non-hydrogen) atoms. The fourth-order valence-corrected chi connectivity index (χ4v) is 2.88. The van der Waals surface area contributed by atoms with E-state index in [-0.39, 0.29) is 24.1 Å². The Morgan fingerprint density at radius 2 is 1.95 bits per heavy atom. The van der Waals surface area contributed by atoms with Crippen LogP contribution in [0.1, 0.15) is 18.9 Å². The quantitative estimate of drug-likeness (QED) is 0.847. The smallest absolute Gasteiger partial charge is 0.250 e. The van der Waals surface area contributed by atoms with E-state index < -0.39 is 0 Å². The Bertz CT molecular complexity index is 720. The van der Waals surface area contributed by atoms with Crippen molar-refractivity contribution in [3.8, 4) is 0 Å². The molecule has 1 amide bonds. The van der Waals surface area contributed by atoms with Crippen molar-refractivity contribution in [1.29, 1.82) is 0 Å². The number of anilines is 1. The van der Waals surface area contributed by atoms with Crippen LogP contribution in [0.15, 0.2) is 53.5 Å². The Morgan fingerprint density at radius 3 is 2.76 bits per heavy atom. The van der Waals surface area contributed by atoms with E-state index in [4.69, 9.17) is 0 Å². The maximum absolute atomic E-state index is 12.7. The minimum atomic E-state index is -0.149. The van der Waals surface area contributed by atoms with Crippen molar-refractivity contribution in [2.75, 3.05) is 4.90 Å². The normalized spacial score (nSPS) is 17.4. The van der Waals surface area contributed by atoms with Gasteiger partial charge < -0.3 is 9.47 Å². The van der Waals surface area contributed by atoms with Gasteiger partial charge in [0.15, 0.2) is 0 Å². The van der Waals surface area contributed by atoms with Gasteiger partial charge in [0.1, 0.15) is 6.54 Å². The Kier molecular flexibility index (Phi) is 3.60. The van der Waals surface area contributed by atoms with Crippen molar-refractivity contribution >= 4 is 11.6 Å². The van der Waals surface area contributed by atoms with E-state index in [1.165, 1.54) is 16.2 Å². The summed E-state index contributed by atoms with van der Waals surface area (Å²) in [5.41, 5.74) is 2.03. The highest BCUT2D eigenvalue weighted by atomic mass is 16.2. The molecule has 4 nitrogen and oxygen atoms in total. The lowest BCUT2D eigenvalue weighted by molar-refractivity contribution is -0.119. The number of carbonyl (C=O) groups excluding carboxylic acids is 1. The molecule has 0 bridgehead atoms. The number of aryl methyl sites for hydroxylation is 1. The van der Waals surface area contributed by atoms with Gasteiger partial charge in [0.2, 0.25) is 5.91 Å². The molecule has 0 N–H and O–H groups in total. The number of fused-ring (bicyclic) bond motifs is 1. The molecule has 1 aliphatic heterocycles. The van der Waals surface area contributed by atoms with Gasteiger partial charge in [-0.1, -0.05) is 24.3 Å². The topological polar surface area (TPSA) is 42.3 Å². The predicted octanol–water partition coefficient (Wildman–Crippen LogP) is 2.22. The maximum Gasteiger partial charge on any atom is 0.250 e. The van der Waals surface area contributed by atoms with Crippen molar-refractivity contribution in [2.24, 2.45) is 0 Å². The second-order valence-corrected chi connectivity index (χ2v) is 5.45. The van der Waals surface area contributed by atoms with E-state index in [1.54, 1.807) is 18.3 Å². The molecular formula is C17H18N2O2. The fraction of sp³-hybridized carbons (Fsp3) is 0.294. The van der Waals surface area contributed by atoms with E-state index in [9.17, 15) is 9.59 Å². The summed E-state index contributed by atoms with van der Waals surface area (Å²) in [4.78, 5) is 26.2. The van der Waals surface area contributed by atoms with E-state index in [0.29, 0.717) is 0 Å². The van der Waals surface area contributed by atoms with Gasteiger partial charge in [0.05, 0.1) is 0 Å². The van der Waals surface area contributed by atoms with Gasteiger partial charge in [-0.05, 0) is 37.5 Å². The molecule has 1 atom stereocenters. The highest BCUT2D eigenvalue weighted by molar-refractivity contribution is 5.95. The van der Waals surface area contributed by atoms with Crippen LogP contribution in [-0.4, -0.2) is 16.5 Å². The molecule has 0 unspecified atom stereocenters.